The summed E-state index contributed by atoms with van der Waals surface area (Å²) in [5.41, 5.74) is 6.56. The van der Waals surface area contributed by atoms with Crippen LogP contribution in [0.5, 0.6) is 0 Å². The summed E-state index contributed by atoms with van der Waals surface area (Å²) in [5.74, 6) is 0.0380. The third kappa shape index (κ3) is 3.35. The van der Waals surface area contributed by atoms with Gasteiger partial charge in [-0.25, -0.2) is 0 Å². The highest BCUT2D eigenvalue weighted by molar-refractivity contribution is 7.07. The van der Waals surface area contributed by atoms with Crippen molar-refractivity contribution in [1.29, 1.82) is 0 Å². The van der Waals surface area contributed by atoms with Crippen LogP contribution in [-0.4, -0.2) is 29.3 Å². The van der Waals surface area contributed by atoms with Crippen LogP contribution in [0.15, 0.2) is 16.8 Å². The molecule has 1 aliphatic rings. The van der Waals surface area contributed by atoms with Crippen LogP contribution in [0.4, 0.5) is 0 Å². The minimum absolute atomic E-state index is 0.0671. The van der Waals surface area contributed by atoms with E-state index in [1.54, 1.807) is 16.2 Å². The van der Waals surface area contributed by atoms with Crippen LogP contribution in [0, 0.1) is 5.92 Å². The molecule has 104 valence electrons. The van der Waals surface area contributed by atoms with Gasteiger partial charge in [0, 0.05) is 19.4 Å². The summed E-state index contributed by atoms with van der Waals surface area (Å²) in [5, 5.41) is 3.97. The van der Waals surface area contributed by atoms with Gasteiger partial charge in [0.1, 0.15) is 6.04 Å². The zero-order valence-electron chi connectivity index (χ0n) is 11.2. The summed E-state index contributed by atoms with van der Waals surface area (Å²) in [6, 6.07) is 1.48. The second-order valence-corrected chi connectivity index (χ2v) is 5.94. The summed E-state index contributed by atoms with van der Waals surface area (Å²) in [7, 11) is 0. The highest BCUT2D eigenvalue weighted by Crippen LogP contribution is 2.25. The minimum Gasteiger partial charge on any atom is -0.368 e. The van der Waals surface area contributed by atoms with E-state index in [4.69, 9.17) is 5.73 Å². The van der Waals surface area contributed by atoms with Crippen LogP contribution < -0.4 is 5.73 Å². The lowest BCUT2D eigenvalue weighted by atomic mass is 10.0. The third-order valence-corrected chi connectivity index (χ3v) is 4.38. The van der Waals surface area contributed by atoms with Crippen molar-refractivity contribution in [1.82, 2.24) is 4.90 Å². The molecule has 1 aliphatic heterocycles. The Morgan fingerprint density at radius 1 is 1.63 bits per heavy atom. The molecule has 0 aromatic carbocycles. The van der Waals surface area contributed by atoms with Gasteiger partial charge in [-0.2, -0.15) is 11.3 Å². The molecule has 1 saturated heterocycles. The molecule has 2 N–H and O–H groups in total. The average molecular weight is 280 g/mol. The van der Waals surface area contributed by atoms with Crippen molar-refractivity contribution < 1.29 is 9.59 Å². The van der Waals surface area contributed by atoms with Gasteiger partial charge in [0.15, 0.2) is 0 Å². The van der Waals surface area contributed by atoms with E-state index >= 15 is 0 Å². The van der Waals surface area contributed by atoms with Gasteiger partial charge in [0.05, 0.1) is 0 Å². The first kappa shape index (κ1) is 14.1. The molecule has 0 saturated carbocycles. The molecule has 0 spiro atoms. The molecule has 19 heavy (non-hydrogen) atoms. The van der Waals surface area contributed by atoms with Gasteiger partial charge in [0.25, 0.3) is 0 Å². The number of carbonyl (C=O) groups excluding carboxylic acids is 2. The molecule has 1 aromatic heterocycles. The Kier molecular flexibility index (Phi) is 4.58. The number of thiophene rings is 1. The zero-order chi connectivity index (χ0) is 13.8. The maximum atomic E-state index is 12.1. The van der Waals surface area contributed by atoms with Gasteiger partial charge in [-0.05, 0) is 34.7 Å². The largest absolute Gasteiger partial charge is 0.368 e. The van der Waals surface area contributed by atoms with Crippen LogP contribution >= 0.6 is 11.3 Å². The number of carbonyl (C=O) groups is 2. The van der Waals surface area contributed by atoms with E-state index in [-0.39, 0.29) is 5.91 Å². The lowest BCUT2D eigenvalue weighted by molar-refractivity contribution is -0.136. The Bertz CT molecular complexity index is 444. The number of likely N-dealkylation sites (tertiary alicyclic amines) is 1. The average Bonchev–Trinajstić information content (AvgIpc) is 2.96. The quantitative estimate of drug-likeness (QED) is 0.863. The summed E-state index contributed by atoms with van der Waals surface area (Å²) in [4.78, 5) is 25.4. The van der Waals surface area contributed by atoms with Gasteiger partial charge >= 0.3 is 0 Å². The summed E-state index contributed by atoms with van der Waals surface area (Å²) >= 11 is 1.59. The zero-order valence-corrected chi connectivity index (χ0v) is 12.0. The monoisotopic (exact) mass is 280 g/mol. The standard InChI is InChI=1S/C14H20N2O2S/c1-2-3-10-7-13(17)16(8-10)12(14(15)18)6-11-4-5-19-9-11/h4-5,9-10,12H,2-3,6-8H2,1H3,(H2,15,18). The minimum atomic E-state index is -0.496. The fraction of sp³-hybridized carbons (Fsp3) is 0.571. The molecule has 0 radical (unpaired) electrons. The molecular weight excluding hydrogens is 260 g/mol. The van der Waals surface area contributed by atoms with Gasteiger partial charge < -0.3 is 10.6 Å². The van der Waals surface area contributed by atoms with Crippen molar-refractivity contribution >= 4 is 23.2 Å². The second kappa shape index (κ2) is 6.19. The van der Waals surface area contributed by atoms with Gasteiger partial charge in [-0.3, -0.25) is 9.59 Å². The Balaban J connectivity index is 2.07. The van der Waals surface area contributed by atoms with E-state index < -0.39 is 11.9 Å². The van der Waals surface area contributed by atoms with E-state index in [1.807, 2.05) is 16.8 Å². The first-order chi connectivity index (χ1) is 9.11. The molecule has 0 bridgehead atoms. The van der Waals surface area contributed by atoms with Gasteiger partial charge in [0.2, 0.25) is 11.8 Å². The molecule has 0 aliphatic carbocycles. The van der Waals surface area contributed by atoms with E-state index in [2.05, 4.69) is 6.92 Å². The van der Waals surface area contributed by atoms with E-state index in [9.17, 15) is 9.59 Å². The van der Waals surface area contributed by atoms with Crippen LogP contribution in [0.1, 0.15) is 31.7 Å². The maximum Gasteiger partial charge on any atom is 0.240 e. The molecule has 2 unspecified atom stereocenters. The van der Waals surface area contributed by atoms with Gasteiger partial charge in [-0.15, -0.1) is 0 Å². The van der Waals surface area contributed by atoms with Crippen molar-refractivity contribution in [2.24, 2.45) is 11.7 Å². The van der Waals surface area contributed by atoms with Crippen LogP contribution in [0.2, 0.25) is 0 Å². The molecule has 2 rings (SSSR count). The molecular formula is C14H20N2O2S. The first-order valence-corrected chi connectivity index (χ1v) is 7.66. The van der Waals surface area contributed by atoms with Crippen LogP contribution in [-0.2, 0) is 16.0 Å². The number of rotatable bonds is 6. The SMILES string of the molecule is CCCC1CC(=O)N(C(Cc2ccsc2)C(N)=O)C1. The van der Waals surface area contributed by atoms with E-state index in [1.165, 1.54) is 0 Å². The highest BCUT2D eigenvalue weighted by atomic mass is 32.1. The summed E-state index contributed by atoms with van der Waals surface area (Å²) in [6.07, 6.45) is 3.19. The van der Waals surface area contributed by atoms with Gasteiger partial charge in [-0.1, -0.05) is 13.3 Å². The topological polar surface area (TPSA) is 63.4 Å². The molecule has 2 amide bonds. The van der Waals surface area contributed by atoms with Crippen molar-refractivity contribution in [3.8, 4) is 0 Å². The maximum absolute atomic E-state index is 12.1. The molecule has 4 nitrogen and oxygen atoms in total. The van der Waals surface area contributed by atoms with Crippen LogP contribution in [0.25, 0.3) is 0 Å². The van der Waals surface area contributed by atoms with Crippen molar-refractivity contribution in [3.05, 3.63) is 22.4 Å². The molecule has 5 heteroatoms. The van der Waals surface area contributed by atoms with Crippen molar-refractivity contribution in [2.75, 3.05) is 6.54 Å². The second-order valence-electron chi connectivity index (χ2n) is 5.16. The first-order valence-electron chi connectivity index (χ1n) is 6.71. The normalized spacial score (nSPS) is 20.8. The molecule has 1 aromatic rings. The number of hydrogen-bond acceptors (Lipinski definition) is 3. The van der Waals surface area contributed by atoms with Crippen molar-refractivity contribution in [3.63, 3.8) is 0 Å². The number of hydrogen-bond donors (Lipinski definition) is 1. The fourth-order valence-electron chi connectivity index (χ4n) is 2.71. The Hall–Kier alpha value is -1.36. The fourth-order valence-corrected chi connectivity index (χ4v) is 3.39. The summed E-state index contributed by atoms with van der Waals surface area (Å²) < 4.78 is 0. The Morgan fingerprint density at radius 3 is 3.00 bits per heavy atom. The molecule has 1 fully saturated rings. The lowest BCUT2D eigenvalue weighted by Crippen LogP contribution is -2.47. The third-order valence-electron chi connectivity index (χ3n) is 3.65. The van der Waals surface area contributed by atoms with Crippen molar-refractivity contribution in [2.45, 2.75) is 38.6 Å². The van der Waals surface area contributed by atoms with E-state index in [0.29, 0.717) is 25.3 Å². The molecule has 2 atom stereocenters. The smallest absolute Gasteiger partial charge is 0.240 e. The summed E-state index contributed by atoms with van der Waals surface area (Å²) in [6.45, 7) is 2.79. The number of amides is 2. The lowest BCUT2D eigenvalue weighted by Gasteiger charge is -2.25. The molecule has 2 heterocycles. The number of nitrogens with two attached hydrogens (primary N) is 1. The Labute approximate surface area is 117 Å². The predicted molar refractivity (Wildman–Crippen MR) is 75.7 cm³/mol. The van der Waals surface area contributed by atoms with E-state index in [0.717, 1.165) is 18.4 Å². The number of primary amides is 1. The van der Waals surface area contributed by atoms with Crippen LogP contribution in [0.3, 0.4) is 0 Å². The number of nitrogens with zero attached hydrogens (tertiary/aromatic N) is 1. The predicted octanol–water partition coefficient (Wildman–Crippen LogP) is 1.79. The highest BCUT2D eigenvalue weighted by Gasteiger charge is 2.36. The Morgan fingerprint density at radius 2 is 2.42 bits per heavy atom.